The molecule has 0 aliphatic carbocycles. The van der Waals surface area contributed by atoms with Gasteiger partial charge in [0.1, 0.15) is 5.82 Å². The third kappa shape index (κ3) is 4.06. The molecule has 0 aliphatic rings. The zero-order chi connectivity index (χ0) is 16.2. The SMILES string of the molecule is CC.CC(C)n1cncc1-c1cc(F)cc(C(F)(F)F)c1. The molecule has 116 valence electrons. The van der Waals surface area contributed by atoms with Crippen molar-refractivity contribution in [1.29, 1.82) is 0 Å². The molecule has 2 aromatic rings. The van der Waals surface area contributed by atoms with Gasteiger partial charge in [0.2, 0.25) is 0 Å². The quantitative estimate of drug-likeness (QED) is 0.687. The van der Waals surface area contributed by atoms with Gasteiger partial charge < -0.3 is 4.57 Å². The van der Waals surface area contributed by atoms with E-state index in [9.17, 15) is 17.6 Å². The predicted octanol–water partition coefficient (Wildman–Crippen LogP) is 5.32. The first-order chi connectivity index (χ1) is 9.79. The molecule has 1 heterocycles. The maximum absolute atomic E-state index is 13.4. The molecule has 21 heavy (non-hydrogen) atoms. The summed E-state index contributed by atoms with van der Waals surface area (Å²) < 4.78 is 53.0. The number of hydrogen-bond acceptors (Lipinski definition) is 1. The molecule has 0 aliphatic heterocycles. The van der Waals surface area contributed by atoms with Crippen LogP contribution in [0, 0.1) is 5.82 Å². The van der Waals surface area contributed by atoms with Crippen molar-refractivity contribution in [1.82, 2.24) is 9.55 Å². The molecule has 0 atom stereocenters. The minimum atomic E-state index is -4.57. The fourth-order valence-electron chi connectivity index (χ4n) is 1.84. The van der Waals surface area contributed by atoms with E-state index in [2.05, 4.69) is 4.98 Å². The van der Waals surface area contributed by atoms with Crippen molar-refractivity contribution >= 4 is 0 Å². The molecule has 2 rings (SSSR count). The third-order valence-electron chi connectivity index (χ3n) is 2.74. The van der Waals surface area contributed by atoms with E-state index in [1.54, 1.807) is 4.57 Å². The molecular formula is C15H18F4N2. The fourth-order valence-corrected chi connectivity index (χ4v) is 1.84. The van der Waals surface area contributed by atoms with Crippen LogP contribution in [0.25, 0.3) is 11.3 Å². The highest BCUT2D eigenvalue weighted by Crippen LogP contribution is 2.33. The highest BCUT2D eigenvalue weighted by Gasteiger charge is 2.31. The van der Waals surface area contributed by atoms with Gasteiger partial charge >= 0.3 is 6.18 Å². The average Bonchev–Trinajstić information content (AvgIpc) is 2.88. The lowest BCUT2D eigenvalue weighted by Gasteiger charge is -2.13. The molecule has 0 N–H and O–H groups in total. The summed E-state index contributed by atoms with van der Waals surface area (Å²) in [6, 6.07) is 2.51. The van der Waals surface area contributed by atoms with E-state index in [0.717, 1.165) is 12.1 Å². The van der Waals surface area contributed by atoms with Crippen LogP contribution < -0.4 is 0 Å². The van der Waals surface area contributed by atoms with Crippen LogP contribution in [0.4, 0.5) is 17.6 Å². The number of rotatable bonds is 2. The molecule has 0 amide bonds. The Balaban J connectivity index is 0.00000106. The molecule has 0 saturated carbocycles. The standard InChI is InChI=1S/C13H12F4N2.C2H6/c1-8(2)19-7-18-6-12(19)9-3-10(13(15,16)17)5-11(14)4-9;1-2/h3-8H,1-2H3;1-2H3. The van der Waals surface area contributed by atoms with Crippen LogP contribution in [0.5, 0.6) is 0 Å². The van der Waals surface area contributed by atoms with Gasteiger partial charge in [-0.05, 0) is 32.0 Å². The van der Waals surface area contributed by atoms with E-state index in [1.165, 1.54) is 12.5 Å². The van der Waals surface area contributed by atoms with Crippen molar-refractivity contribution in [3.05, 3.63) is 42.1 Å². The smallest absolute Gasteiger partial charge is 0.328 e. The molecule has 0 unspecified atom stereocenters. The van der Waals surface area contributed by atoms with Gasteiger partial charge in [0.25, 0.3) is 0 Å². The molecular weight excluding hydrogens is 284 g/mol. The zero-order valence-electron chi connectivity index (χ0n) is 12.4. The molecule has 1 aromatic carbocycles. The summed E-state index contributed by atoms with van der Waals surface area (Å²) in [5.41, 5.74) is -0.377. The molecule has 6 heteroatoms. The Hall–Kier alpha value is -1.85. The molecule has 1 aromatic heterocycles. The number of aromatic nitrogens is 2. The summed E-state index contributed by atoms with van der Waals surface area (Å²) in [4.78, 5) is 3.90. The second kappa shape index (κ2) is 6.74. The molecule has 0 spiro atoms. The molecule has 0 radical (unpaired) electrons. The first-order valence-electron chi connectivity index (χ1n) is 6.69. The number of hydrogen-bond donors (Lipinski definition) is 0. The van der Waals surface area contributed by atoms with Gasteiger partial charge in [0.15, 0.2) is 0 Å². The molecule has 0 saturated heterocycles. The minimum Gasteiger partial charge on any atom is -0.328 e. The van der Waals surface area contributed by atoms with Crippen molar-refractivity contribution in [2.24, 2.45) is 0 Å². The van der Waals surface area contributed by atoms with Crippen LogP contribution in [0.2, 0.25) is 0 Å². The topological polar surface area (TPSA) is 17.8 Å². The summed E-state index contributed by atoms with van der Waals surface area (Å²) in [7, 11) is 0. The van der Waals surface area contributed by atoms with Crippen molar-refractivity contribution in [2.75, 3.05) is 0 Å². The summed E-state index contributed by atoms with van der Waals surface area (Å²) >= 11 is 0. The van der Waals surface area contributed by atoms with E-state index < -0.39 is 17.6 Å². The van der Waals surface area contributed by atoms with Crippen LogP contribution in [0.1, 0.15) is 39.3 Å². The summed E-state index contributed by atoms with van der Waals surface area (Å²) in [6.45, 7) is 7.74. The number of benzene rings is 1. The molecule has 2 nitrogen and oxygen atoms in total. The Morgan fingerprint density at radius 1 is 1.10 bits per heavy atom. The van der Waals surface area contributed by atoms with E-state index in [0.29, 0.717) is 11.8 Å². The maximum Gasteiger partial charge on any atom is 0.416 e. The first-order valence-corrected chi connectivity index (χ1v) is 6.69. The van der Waals surface area contributed by atoms with Crippen LogP contribution >= 0.6 is 0 Å². The summed E-state index contributed by atoms with van der Waals surface area (Å²) in [6.07, 6.45) is -1.63. The molecule has 0 bridgehead atoms. The molecule has 0 fully saturated rings. The Labute approximate surface area is 121 Å². The van der Waals surface area contributed by atoms with Crippen molar-refractivity contribution in [3.8, 4) is 11.3 Å². The van der Waals surface area contributed by atoms with Gasteiger partial charge in [0, 0.05) is 11.6 Å². The Kier molecular flexibility index (Phi) is 5.52. The van der Waals surface area contributed by atoms with E-state index >= 15 is 0 Å². The first kappa shape index (κ1) is 17.2. The summed E-state index contributed by atoms with van der Waals surface area (Å²) in [5, 5.41) is 0. The van der Waals surface area contributed by atoms with Crippen LogP contribution in [0.3, 0.4) is 0 Å². The van der Waals surface area contributed by atoms with E-state index in [4.69, 9.17) is 0 Å². The van der Waals surface area contributed by atoms with Gasteiger partial charge in [-0.1, -0.05) is 13.8 Å². The van der Waals surface area contributed by atoms with Crippen LogP contribution in [-0.4, -0.2) is 9.55 Å². The van der Waals surface area contributed by atoms with E-state index in [-0.39, 0.29) is 11.6 Å². The van der Waals surface area contributed by atoms with Gasteiger partial charge in [-0.15, -0.1) is 0 Å². The number of nitrogens with zero attached hydrogens (tertiary/aromatic N) is 2. The Morgan fingerprint density at radius 2 is 1.71 bits per heavy atom. The van der Waals surface area contributed by atoms with Crippen LogP contribution in [-0.2, 0) is 6.18 Å². The maximum atomic E-state index is 13.4. The third-order valence-corrected chi connectivity index (χ3v) is 2.74. The predicted molar refractivity (Wildman–Crippen MR) is 74.4 cm³/mol. The van der Waals surface area contributed by atoms with Crippen molar-refractivity contribution < 1.29 is 17.6 Å². The van der Waals surface area contributed by atoms with Crippen molar-refractivity contribution in [3.63, 3.8) is 0 Å². The van der Waals surface area contributed by atoms with Gasteiger partial charge in [0.05, 0.1) is 23.8 Å². The lowest BCUT2D eigenvalue weighted by atomic mass is 10.1. The highest BCUT2D eigenvalue weighted by molar-refractivity contribution is 5.60. The Bertz CT molecular complexity index is 586. The van der Waals surface area contributed by atoms with Gasteiger partial charge in [-0.25, -0.2) is 9.37 Å². The zero-order valence-corrected chi connectivity index (χ0v) is 12.4. The van der Waals surface area contributed by atoms with Gasteiger partial charge in [-0.3, -0.25) is 0 Å². The second-order valence-electron chi connectivity index (χ2n) is 4.51. The second-order valence-corrected chi connectivity index (χ2v) is 4.51. The average molecular weight is 302 g/mol. The van der Waals surface area contributed by atoms with Crippen molar-refractivity contribution in [2.45, 2.75) is 39.9 Å². The van der Waals surface area contributed by atoms with Crippen LogP contribution in [0.15, 0.2) is 30.7 Å². The monoisotopic (exact) mass is 302 g/mol. The minimum absolute atomic E-state index is 0.0232. The van der Waals surface area contributed by atoms with Gasteiger partial charge in [-0.2, -0.15) is 13.2 Å². The lowest BCUT2D eigenvalue weighted by Crippen LogP contribution is -2.07. The number of imidazole rings is 1. The lowest BCUT2D eigenvalue weighted by molar-refractivity contribution is -0.137. The largest absolute Gasteiger partial charge is 0.416 e. The summed E-state index contributed by atoms with van der Waals surface area (Å²) in [5.74, 6) is -0.915. The number of alkyl halides is 3. The Morgan fingerprint density at radius 3 is 2.24 bits per heavy atom. The fraction of sp³-hybridized carbons (Fsp3) is 0.400. The number of halogens is 4. The normalized spacial score (nSPS) is 11.3. The van der Waals surface area contributed by atoms with E-state index in [1.807, 2.05) is 27.7 Å². The highest BCUT2D eigenvalue weighted by atomic mass is 19.4.